The second-order valence-corrected chi connectivity index (χ2v) is 7.48. The van der Waals surface area contributed by atoms with Crippen molar-refractivity contribution in [2.75, 3.05) is 10.6 Å². The number of hydrogen-bond acceptors (Lipinski definition) is 4. The van der Waals surface area contributed by atoms with Crippen molar-refractivity contribution in [1.29, 1.82) is 0 Å². The molecule has 0 aliphatic rings. The van der Waals surface area contributed by atoms with Crippen molar-refractivity contribution in [2.45, 2.75) is 26.2 Å². The number of carbonyl (C=O) groups is 2. The number of hydrogen-bond donors (Lipinski definition) is 2. The van der Waals surface area contributed by atoms with Gasteiger partial charge in [-0.15, -0.1) is 11.3 Å². The van der Waals surface area contributed by atoms with E-state index >= 15 is 0 Å². The summed E-state index contributed by atoms with van der Waals surface area (Å²) in [6.07, 6.45) is 0.209. The van der Waals surface area contributed by atoms with Gasteiger partial charge in [-0.2, -0.15) is 0 Å². The number of nitrogens with zero attached hydrogens (tertiary/aromatic N) is 1. The number of carbonyl (C=O) groups excluding carboxylic acids is 2. The third kappa shape index (κ3) is 5.45. The maximum atomic E-state index is 14.3. The van der Waals surface area contributed by atoms with E-state index in [1.54, 1.807) is 23.6 Å². The van der Waals surface area contributed by atoms with Gasteiger partial charge in [0.15, 0.2) is 5.13 Å². The first kappa shape index (κ1) is 20.6. The summed E-state index contributed by atoms with van der Waals surface area (Å²) in [5, 5.41) is 7.24. The molecule has 0 fully saturated rings. The number of rotatable bonds is 6. The molecule has 5 nitrogen and oxygen atoms in total. The van der Waals surface area contributed by atoms with E-state index in [1.165, 1.54) is 42.5 Å². The van der Waals surface area contributed by atoms with Crippen molar-refractivity contribution in [3.05, 3.63) is 65.0 Å². The van der Waals surface area contributed by atoms with Crippen molar-refractivity contribution >= 4 is 34.0 Å². The average molecular weight is 415 g/mol. The van der Waals surface area contributed by atoms with E-state index in [0.29, 0.717) is 16.5 Å². The van der Waals surface area contributed by atoms with Crippen LogP contribution in [0.3, 0.4) is 0 Å². The molecule has 1 unspecified atom stereocenters. The second kappa shape index (κ2) is 8.91. The van der Waals surface area contributed by atoms with Crippen molar-refractivity contribution < 1.29 is 18.4 Å². The van der Waals surface area contributed by atoms with E-state index in [4.69, 9.17) is 0 Å². The van der Waals surface area contributed by atoms with Crippen LogP contribution in [0.4, 0.5) is 19.6 Å². The molecule has 8 heteroatoms. The minimum Gasteiger partial charge on any atom is -0.326 e. The highest BCUT2D eigenvalue weighted by atomic mass is 32.1. The predicted molar refractivity (Wildman–Crippen MR) is 110 cm³/mol. The summed E-state index contributed by atoms with van der Waals surface area (Å²) >= 11 is 1.19. The van der Waals surface area contributed by atoms with Crippen LogP contribution in [0, 0.1) is 11.6 Å². The Morgan fingerprint density at radius 1 is 1.10 bits per heavy atom. The third-order valence-electron chi connectivity index (χ3n) is 4.25. The maximum absolute atomic E-state index is 14.3. The van der Waals surface area contributed by atoms with Crippen LogP contribution in [0.5, 0.6) is 0 Å². The molecule has 0 radical (unpaired) electrons. The first-order valence-corrected chi connectivity index (χ1v) is 9.78. The van der Waals surface area contributed by atoms with E-state index in [2.05, 4.69) is 15.6 Å². The number of halogens is 2. The summed E-state index contributed by atoms with van der Waals surface area (Å²) < 4.78 is 27.4. The largest absolute Gasteiger partial charge is 0.326 e. The lowest BCUT2D eigenvalue weighted by atomic mass is 9.97. The Balaban J connectivity index is 1.64. The Hall–Kier alpha value is -3.13. The number of benzene rings is 2. The zero-order valence-electron chi connectivity index (χ0n) is 15.8. The average Bonchev–Trinajstić information content (AvgIpc) is 3.09. The van der Waals surface area contributed by atoms with Gasteiger partial charge in [0.1, 0.15) is 11.6 Å². The lowest BCUT2D eigenvalue weighted by Crippen LogP contribution is -2.14. The van der Waals surface area contributed by atoms with Crippen molar-refractivity contribution in [3.63, 3.8) is 0 Å². The molecule has 0 aliphatic heterocycles. The molecule has 0 aliphatic carbocycles. The van der Waals surface area contributed by atoms with Gasteiger partial charge in [0.25, 0.3) is 0 Å². The van der Waals surface area contributed by atoms with E-state index < -0.39 is 5.82 Å². The molecule has 1 atom stereocenters. The standard InChI is InChI=1S/C21H19F2N3O2S/c1-12(14-3-5-15(22)6-4-14)9-20(28)26-21-25-19(11-29-21)17-8-7-16(10-18(17)23)24-13(2)27/h3-8,10-12H,9H2,1-2H3,(H,24,27)(H,25,26,28). The topological polar surface area (TPSA) is 71.1 Å². The SMILES string of the molecule is CC(=O)Nc1ccc(-c2csc(NC(=O)CC(C)c3ccc(F)cc3)n2)c(F)c1. The quantitative estimate of drug-likeness (QED) is 0.583. The first-order chi connectivity index (χ1) is 13.8. The zero-order valence-corrected chi connectivity index (χ0v) is 16.6. The molecule has 1 heterocycles. The van der Waals surface area contributed by atoms with Gasteiger partial charge in [0.2, 0.25) is 11.8 Å². The molecule has 0 spiro atoms. The molecule has 2 amide bonds. The molecule has 150 valence electrons. The smallest absolute Gasteiger partial charge is 0.226 e. The van der Waals surface area contributed by atoms with Crippen LogP contribution in [0.25, 0.3) is 11.3 Å². The normalized spacial score (nSPS) is 11.7. The van der Waals surface area contributed by atoms with Gasteiger partial charge in [-0.05, 0) is 41.8 Å². The molecule has 2 aromatic carbocycles. The number of thiazole rings is 1. The Morgan fingerprint density at radius 2 is 1.83 bits per heavy atom. The predicted octanol–water partition coefficient (Wildman–Crippen LogP) is 5.18. The molecular weight excluding hydrogens is 396 g/mol. The summed E-state index contributed by atoms with van der Waals surface area (Å²) in [6.45, 7) is 3.23. The summed E-state index contributed by atoms with van der Waals surface area (Å²) in [4.78, 5) is 27.6. The van der Waals surface area contributed by atoms with E-state index in [0.717, 1.165) is 5.56 Å². The monoisotopic (exact) mass is 415 g/mol. The van der Waals surface area contributed by atoms with Gasteiger partial charge in [-0.3, -0.25) is 9.59 Å². The fraction of sp³-hybridized carbons (Fsp3) is 0.190. The third-order valence-corrected chi connectivity index (χ3v) is 5.00. The van der Waals surface area contributed by atoms with Crippen LogP contribution in [0.1, 0.15) is 31.7 Å². The molecule has 3 rings (SSSR count). The van der Waals surface area contributed by atoms with Crippen molar-refractivity contribution in [1.82, 2.24) is 4.98 Å². The molecular formula is C21H19F2N3O2S. The molecule has 29 heavy (non-hydrogen) atoms. The fourth-order valence-electron chi connectivity index (χ4n) is 2.82. The summed E-state index contributed by atoms with van der Waals surface area (Å²) in [5.41, 5.74) is 1.89. The summed E-state index contributed by atoms with van der Waals surface area (Å²) in [6, 6.07) is 10.4. The van der Waals surface area contributed by atoms with E-state index in [1.807, 2.05) is 6.92 Å². The van der Waals surface area contributed by atoms with Gasteiger partial charge < -0.3 is 10.6 Å². The lowest BCUT2D eigenvalue weighted by Gasteiger charge is -2.11. The highest BCUT2D eigenvalue weighted by Crippen LogP contribution is 2.29. The Labute approximate surface area is 170 Å². The highest BCUT2D eigenvalue weighted by molar-refractivity contribution is 7.14. The number of nitrogens with one attached hydrogen (secondary N) is 2. The molecule has 0 bridgehead atoms. The minimum absolute atomic E-state index is 0.0891. The van der Waals surface area contributed by atoms with Gasteiger partial charge in [0, 0.05) is 30.0 Å². The van der Waals surface area contributed by atoms with Crippen LogP contribution < -0.4 is 10.6 Å². The number of amides is 2. The van der Waals surface area contributed by atoms with Gasteiger partial charge in [-0.25, -0.2) is 13.8 Å². The maximum Gasteiger partial charge on any atom is 0.226 e. The fourth-order valence-corrected chi connectivity index (χ4v) is 3.54. The van der Waals surface area contributed by atoms with Crippen LogP contribution >= 0.6 is 11.3 Å². The molecule has 0 saturated heterocycles. The van der Waals surface area contributed by atoms with Crippen LogP contribution in [-0.2, 0) is 9.59 Å². The van der Waals surface area contributed by atoms with Crippen LogP contribution in [0.2, 0.25) is 0 Å². The Morgan fingerprint density at radius 3 is 2.48 bits per heavy atom. The van der Waals surface area contributed by atoms with E-state index in [9.17, 15) is 18.4 Å². The molecule has 2 N–H and O–H groups in total. The Bertz CT molecular complexity index is 1030. The van der Waals surface area contributed by atoms with Crippen molar-refractivity contribution in [2.24, 2.45) is 0 Å². The first-order valence-electron chi connectivity index (χ1n) is 8.90. The van der Waals surface area contributed by atoms with Crippen molar-refractivity contribution in [3.8, 4) is 11.3 Å². The van der Waals surface area contributed by atoms with Crippen LogP contribution in [-0.4, -0.2) is 16.8 Å². The highest BCUT2D eigenvalue weighted by Gasteiger charge is 2.15. The lowest BCUT2D eigenvalue weighted by molar-refractivity contribution is -0.116. The molecule has 1 aromatic heterocycles. The number of aromatic nitrogens is 1. The zero-order chi connectivity index (χ0) is 21.0. The molecule has 3 aromatic rings. The Kier molecular flexibility index (Phi) is 6.33. The van der Waals surface area contributed by atoms with E-state index in [-0.39, 0.29) is 35.5 Å². The van der Waals surface area contributed by atoms with Gasteiger partial charge in [0.05, 0.1) is 5.69 Å². The minimum atomic E-state index is -0.524. The van der Waals surface area contributed by atoms with Crippen LogP contribution in [0.15, 0.2) is 47.8 Å². The second-order valence-electron chi connectivity index (χ2n) is 6.62. The van der Waals surface area contributed by atoms with Gasteiger partial charge >= 0.3 is 0 Å². The number of anilines is 2. The summed E-state index contributed by atoms with van der Waals surface area (Å²) in [7, 11) is 0. The summed E-state index contributed by atoms with van der Waals surface area (Å²) in [5.74, 6) is -1.45. The molecule has 0 saturated carbocycles. The van der Waals surface area contributed by atoms with Gasteiger partial charge in [-0.1, -0.05) is 19.1 Å².